The number of nitrogens with zero attached hydrogens (tertiary/aromatic N) is 1. The largest absolute Gasteiger partial charge is 0.394 e. The molecule has 2 heterocycles. The van der Waals surface area contributed by atoms with E-state index in [-0.39, 0.29) is 18.3 Å². The van der Waals surface area contributed by atoms with Gasteiger partial charge in [0.1, 0.15) is 0 Å². The smallest absolute Gasteiger partial charge is 0.0787 e. The number of allylic oxidation sites excluding steroid dienone is 1. The van der Waals surface area contributed by atoms with Crippen molar-refractivity contribution < 1.29 is 19.7 Å². The average molecular weight is 514 g/mol. The Labute approximate surface area is 224 Å². The number of piperidine rings is 1. The molecule has 0 bridgehead atoms. The molecule has 208 valence electrons. The molecule has 0 aromatic heterocycles. The van der Waals surface area contributed by atoms with Crippen molar-refractivity contribution in [2.75, 3.05) is 32.9 Å². The van der Waals surface area contributed by atoms with Crippen LogP contribution in [0, 0.1) is 45.8 Å². The molecule has 2 unspecified atom stereocenters. The summed E-state index contributed by atoms with van der Waals surface area (Å²) in [5.41, 5.74) is 2.67. The molecule has 5 nitrogen and oxygen atoms in total. The fourth-order valence-corrected chi connectivity index (χ4v) is 12.1. The SMILES string of the molecule is C[C@H]1C[C@H]2O[C@]3(CC[C@H]4[C@@H]5CC=C6C[C@@H](O)CC[C@]6(C)[C@H]5CC45CC53C)[C@H](C)[C@@H]2N(CCOCCO)C1. The molecule has 7 aliphatic rings. The van der Waals surface area contributed by atoms with E-state index in [0.717, 1.165) is 43.7 Å². The number of ether oxygens (including phenoxy) is 2. The Hall–Kier alpha value is -0.460. The Bertz CT molecular complexity index is 953. The quantitative estimate of drug-likeness (QED) is 0.408. The van der Waals surface area contributed by atoms with E-state index < -0.39 is 0 Å². The molecule has 2 aliphatic heterocycles. The van der Waals surface area contributed by atoms with Crippen LogP contribution in [0.5, 0.6) is 0 Å². The molecule has 4 saturated carbocycles. The maximum absolute atomic E-state index is 10.4. The first-order valence-corrected chi connectivity index (χ1v) is 15.7. The second-order valence-corrected chi connectivity index (χ2v) is 15.1. The summed E-state index contributed by atoms with van der Waals surface area (Å²) in [5, 5.41) is 19.6. The van der Waals surface area contributed by atoms with Crippen molar-refractivity contribution in [1.82, 2.24) is 4.90 Å². The predicted molar refractivity (Wildman–Crippen MR) is 144 cm³/mol. The lowest BCUT2D eigenvalue weighted by molar-refractivity contribution is -0.148. The van der Waals surface area contributed by atoms with Gasteiger partial charge < -0.3 is 19.7 Å². The van der Waals surface area contributed by atoms with Crippen LogP contribution >= 0.6 is 0 Å². The minimum absolute atomic E-state index is 0.0144. The van der Waals surface area contributed by atoms with Crippen LogP contribution < -0.4 is 0 Å². The highest BCUT2D eigenvalue weighted by Gasteiger charge is 2.84. The molecule has 12 atom stereocenters. The van der Waals surface area contributed by atoms with E-state index in [1.54, 1.807) is 5.57 Å². The number of likely N-dealkylation sites (tertiary alicyclic amines) is 1. The number of fused-ring (bicyclic) bond motifs is 6. The molecular weight excluding hydrogens is 462 g/mol. The normalized spacial score (nSPS) is 56.2. The van der Waals surface area contributed by atoms with Crippen molar-refractivity contribution >= 4 is 0 Å². The topological polar surface area (TPSA) is 62.2 Å². The van der Waals surface area contributed by atoms with Crippen LogP contribution in [0.2, 0.25) is 0 Å². The van der Waals surface area contributed by atoms with Crippen molar-refractivity contribution in [2.24, 2.45) is 45.8 Å². The lowest BCUT2D eigenvalue weighted by atomic mass is 9.56. The second kappa shape index (κ2) is 8.52. The Kier molecular flexibility index (Phi) is 5.87. The highest BCUT2D eigenvalue weighted by Crippen LogP contribution is 2.87. The second-order valence-electron chi connectivity index (χ2n) is 15.1. The number of hydrogen-bond acceptors (Lipinski definition) is 5. The van der Waals surface area contributed by atoms with Gasteiger partial charge in [-0.25, -0.2) is 0 Å². The molecule has 0 radical (unpaired) electrons. The third kappa shape index (κ3) is 3.27. The van der Waals surface area contributed by atoms with Gasteiger partial charge in [0, 0.05) is 30.5 Å². The minimum atomic E-state index is -0.123. The van der Waals surface area contributed by atoms with Gasteiger partial charge in [-0.05, 0) is 92.3 Å². The van der Waals surface area contributed by atoms with E-state index in [1.807, 2.05) is 0 Å². The molecule has 6 fully saturated rings. The Balaban J connectivity index is 1.16. The van der Waals surface area contributed by atoms with Crippen molar-refractivity contribution in [1.29, 1.82) is 0 Å². The molecule has 0 amide bonds. The molecule has 5 aliphatic carbocycles. The van der Waals surface area contributed by atoms with Gasteiger partial charge in [-0.2, -0.15) is 0 Å². The van der Waals surface area contributed by atoms with E-state index in [1.165, 1.54) is 44.9 Å². The summed E-state index contributed by atoms with van der Waals surface area (Å²) in [6.07, 6.45) is 13.7. The highest BCUT2D eigenvalue weighted by atomic mass is 16.5. The fourth-order valence-electron chi connectivity index (χ4n) is 12.1. The molecule has 7 rings (SSSR count). The first-order valence-electron chi connectivity index (χ1n) is 15.7. The Morgan fingerprint density at radius 2 is 1.97 bits per heavy atom. The maximum atomic E-state index is 10.4. The van der Waals surface area contributed by atoms with Crippen LogP contribution in [0.3, 0.4) is 0 Å². The van der Waals surface area contributed by atoms with Gasteiger partial charge in [0.05, 0.1) is 37.6 Å². The molecule has 37 heavy (non-hydrogen) atoms. The van der Waals surface area contributed by atoms with E-state index in [4.69, 9.17) is 14.6 Å². The zero-order chi connectivity index (χ0) is 25.8. The van der Waals surface area contributed by atoms with Crippen LogP contribution in [0.1, 0.15) is 85.5 Å². The van der Waals surface area contributed by atoms with Crippen LogP contribution in [-0.4, -0.2) is 71.9 Å². The zero-order valence-electron chi connectivity index (χ0n) is 23.8. The van der Waals surface area contributed by atoms with Crippen molar-refractivity contribution in [3.05, 3.63) is 11.6 Å². The number of aliphatic hydroxyl groups excluding tert-OH is 2. The first-order chi connectivity index (χ1) is 17.7. The molecule has 5 heteroatoms. The van der Waals surface area contributed by atoms with Gasteiger partial charge in [-0.15, -0.1) is 0 Å². The predicted octanol–water partition coefficient (Wildman–Crippen LogP) is 4.80. The van der Waals surface area contributed by atoms with Gasteiger partial charge in [0.25, 0.3) is 0 Å². The molecular formula is C32H51NO4. The van der Waals surface area contributed by atoms with Crippen molar-refractivity contribution in [2.45, 2.75) is 109 Å². The Morgan fingerprint density at radius 3 is 2.78 bits per heavy atom. The van der Waals surface area contributed by atoms with Gasteiger partial charge in [-0.1, -0.05) is 39.3 Å². The van der Waals surface area contributed by atoms with Crippen molar-refractivity contribution in [3.8, 4) is 0 Å². The maximum Gasteiger partial charge on any atom is 0.0787 e. The van der Waals surface area contributed by atoms with Crippen molar-refractivity contribution in [3.63, 3.8) is 0 Å². The zero-order valence-corrected chi connectivity index (χ0v) is 23.8. The Morgan fingerprint density at radius 1 is 1.14 bits per heavy atom. The number of aliphatic hydroxyl groups is 2. The third-order valence-electron chi connectivity index (χ3n) is 13.7. The molecule has 2 saturated heterocycles. The van der Waals surface area contributed by atoms with Gasteiger partial charge >= 0.3 is 0 Å². The molecule has 2 N–H and O–H groups in total. The number of rotatable bonds is 5. The summed E-state index contributed by atoms with van der Waals surface area (Å²) in [4.78, 5) is 2.69. The summed E-state index contributed by atoms with van der Waals surface area (Å²) in [5.74, 6) is 3.68. The van der Waals surface area contributed by atoms with E-state index in [9.17, 15) is 5.11 Å². The lowest BCUT2D eigenvalue weighted by Crippen LogP contribution is -2.55. The molecule has 2 spiro atoms. The van der Waals surface area contributed by atoms with Crippen LogP contribution in [0.15, 0.2) is 11.6 Å². The van der Waals surface area contributed by atoms with Crippen LogP contribution in [-0.2, 0) is 9.47 Å². The standard InChI is InChI=1S/C32H51NO4/c1-20-15-27-28(33(18-20)11-13-36-14-12-34)21(2)32(37-27)10-8-25-24-6-5-22-16-23(35)7-9-29(22,3)26(24)17-31(25)19-30(31,32)4/h5,20-21,23-28,34-35H,6-19H2,1-4H3/t20-,21+,23-,24-,25-,26-,27+,28-,29-,30?,31?,32+/m0/s1. The molecule has 0 aromatic rings. The summed E-state index contributed by atoms with van der Waals surface area (Å²) >= 11 is 0. The summed E-state index contributed by atoms with van der Waals surface area (Å²) in [7, 11) is 0. The van der Waals surface area contributed by atoms with Crippen LogP contribution in [0.4, 0.5) is 0 Å². The number of hydrogen-bond donors (Lipinski definition) is 2. The van der Waals surface area contributed by atoms with E-state index in [0.29, 0.717) is 53.4 Å². The summed E-state index contributed by atoms with van der Waals surface area (Å²) < 4.78 is 13.1. The van der Waals surface area contributed by atoms with E-state index >= 15 is 0 Å². The third-order valence-corrected chi connectivity index (χ3v) is 13.7. The average Bonchev–Trinajstić information content (AvgIpc) is 3.20. The minimum Gasteiger partial charge on any atom is -0.394 e. The van der Waals surface area contributed by atoms with Gasteiger partial charge in [0.2, 0.25) is 0 Å². The molecule has 0 aromatic carbocycles. The highest BCUT2D eigenvalue weighted by molar-refractivity contribution is 5.36. The monoisotopic (exact) mass is 513 g/mol. The fraction of sp³-hybridized carbons (Fsp3) is 0.938. The van der Waals surface area contributed by atoms with Crippen LogP contribution in [0.25, 0.3) is 0 Å². The van der Waals surface area contributed by atoms with Gasteiger partial charge in [-0.3, -0.25) is 4.90 Å². The van der Waals surface area contributed by atoms with Gasteiger partial charge in [0.15, 0.2) is 0 Å². The first kappa shape index (κ1) is 25.5. The van der Waals surface area contributed by atoms with E-state index in [2.05, 4.69) is 38.7 Å². The lowest BCUT2D eigenvalue weighted by Gasteiger charge is -2.50. The summed E-state index contributed by atoms with van der Waals surface area (Å²) in [6, 6.07) is 0.495. The summed E-state index contributed by atoms with van der Waals surface area (Å²) in [6.45, 7) is 13.5.